The molecule has 5 heteroatoms. The first-order valence-electron chi connectivity index (χ1n) is 5.98. The van der Waals surface area contributed by atoms with Crippen LogP contribution in [0.2, 0.25) is 0 Å². The lowest BCUT2D eigenvalue weighted by Crippen LogP contribution is -2.17. The third-order valence-corrected chi connectivity index (χ3v) is 2.68. The molecule has 2 aromatic rings. The minimum atomic E-state index is -0.596. The molecule has 0 saturated heterocycles. The van der Waals surface area contributed by atoms with Crippen LogP contribution in [0.1, 0.15) is 21.5 Å². The standard InChI is InChI=1S/C15H14N2O3/c1-10-2-4-11(5-3-10)9-16-17-15(20)13-8-12(18)6-7-14(13)19/h2-9,18-19H,1H3,(H,17,20)/b16-9-. The van der Waals surface area contributed by atoms with Gasteiger partial charge in [0.1, 0.15) is 11.5 Å². The normalized spacial score (nSPS) is 10.7. The minimum Gasteiger partial charge on any atom is -0.508 e. The van der Waals surface area contributed by atoms with Gasteiger partial charge in [0.05, 0.1) is 11.8 Å². The highest BCUT2D eigenvalue weighted by molar-refractivity contribution is 5.97. The van der Waals surface area contributed by atoms with Crippen LogP contribution >= 0.6 is 0 Å². The molecule has 0 aliphatic carbocycles. The molecule has 0 bridgehead atoms. The van der Waals surface area contributed by atoms with Crippen molar-refractivity contribution in [3.05, 3.63) is 59.2 Å². The molecule has 2 rings (SSSR count). The summed E-state index contributed by atoms with van der Waals surface area (Å²) in [4.78, 5) is 11.8. The van der Waals surface area contributed by atoms with E-state index in [2.05, 4.69) is 10.5 Å². The van der Waals surface area contributed by atoms with Crippen molar-refractivity contribution in [3.8, 4) is 11.5 Å². The van der Waals surface area contributed by atoms with E-state index in [0.29, 0.717) is 0 Å². The number of aromatic hydroxyl groups is 2. The van der Waals surface area contributed by atoms with Crippen LogP contribution in [0.3, 0.4) is 0 Å². The average Bonchev–Trinajstić information content (AvgIpc) is 2.43. The number of carbonyl (C=O) groups is 1. The van der Waals surface area contributed by atoms with Crippen molar-refractivity contribution in [3.63, 3.8) is 0 Å². The van der Waals surface area contributed by atoms with Crippen molar-refractivity contribution in [1.29, 1.82) is 0 Å². The van der Waals surface area contributed by atoms with Crippen molar-refractivity contribution < 1.29 is 15.0 Å². The van der Waals surface area contributed by atoms with Gasteiger partial charge in [-0.15, -0.1) is 0 Å². The van der Waals surface area contributed by atoms with E-state index in [1.807, 2.05) is 31.2 Å². The van der Waals surface area contributed by atoms with Gasteiger partial charge in [0.15, 0.2) is 0 Å². The van der Waals surface area contributed by atoms with E-state index in [0.717, 1.165) is 11.1 Å². The minimum absolute atomic E-state index is 0.0361. The summed E-state index contributed by atoms with van der Waals surface area (Å²) in [6.07, 6.45) is 1.50. The van der Waals surface area contributed by atoms with Gasteiger partial charge in [0.2, 0.25) is 0 Å². The summed E-state index contributed by atoms with van der Waals surface area (Å²) in [5, 5.41) is 22.6. The monoisotopic (exact) mass is 270 g/mol. The lowest BCUT2D eigenvalue weighted by atomic mass is 10.2. The molecule has 102 valence electrons. The fourth-order valence-corrected chi connectivity index (χ4v) is 1.58. The number of hydrogen-bond donors (Lipinski definition) is 3. The van der Waals surface area contributed by atoms with Crippen LogP contribution < -0.4 is 5.43 Å². The smallest absolute Gasteiger partial charge is 0.275 e. The highest BCUT2D eigenvalue weighted by atomic mass is 16.3. The second kappa shape index (κ2) is 5.88. The molecule has 0 spiro atoms. The number of rotatable bonds is 3. The maximum atomic E-state index is 11.8. The molecule has 0 aliphatic rings. The zero-order chi connectivity index (χ0) is 14.5. The molecule has 0 atom stereocenters. The first kappa shape index (κ1) is 13.6. The molecule has 0 unspecified atom stereocenters. The van der Waals surface area contributed by atoms with Crippen LogP contribution in [0.5, 0.6) is 11.5 Å². The first-order valence-corrected chi connectivity index (χ1v) is 5.98. The van der Waals surface area contributed by atoms with Crippen LogP contribution in [0.4, 0.5) is 0 Å². The van der Waals surface area contributed by atoms with Gasteiger partial charge in [-0.2, -0.15) is 5.10 Å². The number of amides is 1. The summed E-state index contributed by atoms with van der Waals surface area (Å²) in [5.74, 6) is -0.914. The van der Waals surface area contributed by atoms with E-state index in [1.165, 1.54) is 24.4 Å². The maximum Gasteiger partial charge on any atom is 0.275 e. The van der Waals surface area contributed by atoms with Crippen molar-refractivity contribution in [1.82, 2.24) is 5.43 Å². The summed E-state index contributed by atoms with van der Waals surface area (Å²) in [6.45, 7) is 1.98. The van der Waals surface area contributed by atoms with Crippen molar-refractivity contribution >= 4 is 12.1 Å². The molecule has 5 nitrogen and oxygen atoms in total. The van der Waals surface area contributed by atoms with Crippen molar-refractivity contribution in [2.24, 2.45) is 5.10 Å². The highest BCUT2D eigenvalue weighted by Crippen LogP contribution is 2.21. The van der Waals surface area contributed by atoms with Crippen LogP contribution in [-0.4, -0.2) is 22.3 Å². The molecule has 0 radical (unpaired) electrons. The molecule has 0 aliphatic heterocycles. The Balaban J connectivity index is 2.05. The number of benzene rings is 2. The Hall–Kier alpha value is -2.82. The summed E-state index contributed by atoms with van der Waals surface area (Å²) in [7, 11) is 0. The Morgan fingerprint density at radius 2 is 1.85 bits per heavy atom. The van der Waals surface area contributed by atoms with Gasteiger partial charge in [-0.25, -0.2) is 5.43 Å². The molecule has 3 N–H and O–H groups in total. The SMILES string of the molecule is Cc1ccc(/C=N\NC(=O)c2cc(O)ccc2O)cc1. The molecule has 0 fully saturated rings. The second-order valence-corrected chi connectivity index (χ2v) is 4.31. The number of nitrogens with zero attached hydrogens (tertiary/aromatic N) is 1. The fourth-order valence-electron chi connectivity index (χ4n) is 1.58. The van der Waals surface area contributed by atoms with Crippen molar-refractivity contribution in [2.45, 2.75) is 6.92 Å². The number of phenols is 2. The first-order chi connectivity index (χ1) is 9.56. The quantitative estimate of drug-likeness (QED) is 0.454. The molecular formula is C15H14N2O3. The third-order valence-electron chi connectivity index (χ3n) is 2.68. The van der Waals surface area contributed by atoms with E-state index in [-0.39, 0.29) is 17.1 Å². The number of hydrazone groups is 1. The number of nitrogens with one attached hydrogen (secondary N) is 1. The van der Waals surface area contributed by atoms with Gasteiger partial charge in [-0.1, -0.05) is 29.8 Å². The van der Waals surface area contributed by atoms with Gasteiger partial charge < -0.3 is 10.2 Å². The summed E-state index contributed by atoms with van der Waals surface area (Å²) >= 11 is 0. The molecule has 0 saturated carbocycles. The molecular weight excluding hydrogens is 256 g/mol. The van der Waals surface area contributed by atoms with Gasteiger partial charge in [0.25, 0.3) is 5.91 Å². The van der Waals surface area contributed by atoms with E-state index < -0.39 is 5.91 Å². The largest absolute Gasteiger partial charge is 0.508 e. The number of aryl methyl sites for hydroxylation is 1. The second-order valence-electron chi connectivity index (χ2n) is 4.31. The van der Waals surface area contributed by atoms with Crippen LogP contribution in [0.15, 0.2) is 47.6 Å². The molecule has 1 amide bonds. The van der Waals surface area contributed by atoms with Crippen LogP contribution in [0.25, 0.3) is 0 Å². The Morgan fingerprint density at radius 3 is 2.55 bits per heavy atom. The van der Waals surface area contributed by atoms with E-state index >= 15 is 0 Å². The van der Waals surface area contributed by atoms with Crippen LogP contribution in [0, 0.1) is 6.92 Å². The summed E-state index contributed by atoms with van der Waals surface area (Å²) in [6, 6.07) is 11.3. The average molecular weight is 270 g/mol. The zero-order valence-corrected chi connectivity index (χ0v) is 10.9. The number of carbonyl (C=O) groups excluding carboxylic acids is 1. The summed E-state index contributed by atoms with van der Waals surface area (Å²) < 4.78 is 0. The Kier molecular flexibility index (Phi) is 4.00. The van der Waals surface area contributed by atoms with Crippen LogP contribution in [-0.2, 0) is 0 Å². The predicted octanol–water partition coefficient (Wildman–Crippen LogP) is 2.17. The van der Waals surface area contributed by atoms with E-state index in [1.54, 1.807) is 0 Å². The third kappa shape index (κ3) is 3.35. The van der Waals surface area contributed by atoms with E-state index in [9.17, 15) is 15.0 Å². The van der Waals surface area contributed by atoms with Gasteiger partial charge in [0, 0.05) is 0 Å². The van der Waals surface area contributed by atoms with Gasteiger partial charge in [-0.05, 0) is 30.7 Å². The summed E-state index contributed by atoms with van der Waals surface area (Å²) in [5.41, 5.74) is 4.23. The molecule has 0 aromatic heterocycles. The van der Waals surface area contributed by atoms with Gasteiger partial charge in [-0.3, -0.25) is 4.79 Å². The Bertz CT molecular complexity index is 649. The topological polar surface area (TPSA) is 81.9 Å². The molecule has 20 heavy (non-hydrogen) atoms. The highest BCUT2D eigenvalue weighted by Gasteiger charge is 2.10. The van der Waals surface area contributed by atoms with Gasteiger partial charge >= 0.3 is 0 Å². The molecule has 0 heterocycles. The lowest BCUT2D eigenvalue weighted by molar-refractivity contribution is 0.0952. The maximum absolute atomic E-state index is 11.8. The number of hydrogen-bond acceptors (Lipinski definition) is 4. The number of phenolic OH excluding ortho intramolecular Hbond substituents is 2. The Morgan fingerprint density at radius 1 is 1.15 bits per heavy atom. The van der Waals surface area contributed by atoms with E-state index in [4.69, 9.17) is 0 Å². The van der Waals surface area contributed by atoms with Crippen molar-refractivity contribution in [2.75, 3.05) is 0 Å². The predicted molar refractivity (Wildman–Crippen MR) is 76.0 cm³/mol. The molecule has 2 aromatic carbocycles. The zero-order valence-electron chi connectivity index (χ0n) is 10.9. The fraction of sp³-hybridized carbons (Fsp3) is 0.0667. The Labute approximate surface area is 116 Å². The lowest BCUT2D eigenvalue weighted by Gasteiger charge is -2.03.